The first-order valence-electron chi connectivity index (χ1n) is 5.92. The van der Waals surface area contributed by atoms with E-state index in [1.165, 1.54) is 21.2 Å². The van der Waals surface area contributed by atoms with Crippen LogP contribution in [0.5, 0.6) is 0 Å². The van der Waals surface area contributed by atoms with E-state index in [4.69, 9.17) is 18.6 Å². The van der Waals surface area contributed by atoms with Crippen molar-refractivity contribution in [1.29, 1.82) is 0 Å². The summed E-state index contributed by atoms with van der Waals surface area (Å²) in [4.78, 5) is 0. The van der Waals surface area contributed by atoms with Crippen molar-refractivity contribution in [2.45, 2.75) is 0 Å². The first-order valence-corrected chi connectivity index (χ1v) is 8.03. The maximum atomic E-state index is 8.49. The van der Waals surface area contributed by atoms with Gasteiger partial charge in [0.05, 0.1) is 0 Å². The van der Waals surface area contributed by atoms with Gasteiger partial charge < -0.3 is 0 Å². The fourth-order valence-electron chi connectivity index (χ4n) is 1.93. The molecule has 3 rings (SSSR count). The number of halogens is 1. The van der Waals surface area contributed by atoms with Crippen LogP contribution < -0.4 is 18.6 Å². The van der Waals surface area contributed by atoms with Crippen LogP contribution in [0.25, 0.3) is 21.2 Å². The van der Waals surface area contributed by atoms with Crippen LogP contribution in [-0.4, -0.2) is 0 Å². The maximum absolute atomic E-state index is 8.49. The Hall–Kier alpha value is -1.60. The van der Waals surface area contributed by atoms with E-state index in [1.807, 2.05) is 0 Å². The van der Waals surface area contributed by atoms with Crippen molar-refractivity contribution >= 4 is 21.4 Å². The van der Waals surface area contributed by atoms with Gasteiger partial charge in [-0.15, -0.1) is 10.2 Å². The van der Waals surface area contributed by atoms with Gasteiger partial charge in [-0.2, -0.15) is 0 Å². The summed E-state index contributed by atoms with van der Waals surface area (Å²) in [6, 6.07) is 21.3. The lowest BCUT2D eigenvalue weighted by molar-refractivity contribution is -2.00. The summed E-state index contributed by atoms with van der Waals surface area (Å²) in [5.41, 5.74) is 2.60. The average molecular weight is 323 g/mol. The predicted octanol–water partition coefficient (Wildman–Crippen LogP) is 0.0934. The topological polar surface area (TPSA) is 92.2 Å². The minimum Gasteiger partial charge on any atom is -0.222 e. The number of benzene rings is 2. The Morgan fingerprint density at radius 3 is 1.95 bits per heavy atom. The van der Waals surface area contributed by atoms with Crippen molar-refractivity contribution < 1.29 is 28.9 Å². The third-order valence-electron chi connectivity index (χ3n) is 2.69. The Bertz CT molecular complexity index is 702. The van der Waals surface area contributed by atoms with E-state index in [2.05, 4.69) is 66.0 Å². The lowest BCUT2D eigenvalue weighted by atomic mass is 10.0. The smallest absolute Gasteiger partial charge is 0.222 e. The van der Waals surface area contributed by atoms with Crippen LogP contribution in [0.2, 0.25) is 0 Å². The number of rotatable bonds is 1. The second-order valence-corrected chi connectivity index (χ2v) is 5.78. The van der Waals surface area contributed by atoms with E-state index in [1.54, 1.807) is 11.3 Å². The third-order valence-corrected chi connectivity index (χ3v) is 3.57. The molecule has 1 aromatic heterocycles. The Morgan fingerprint density at radius 2 is 1.29 bits per heavy atom. The lowest BCUT2D eigenvalue weighted by Crippen LogP contribution is -2.68. The second kappa shape index (κ2) is 6.91. The summed E-state index contributed by atoms with van der Waals surface area (Å²) in [5, 5.41) is 3.49. The monoisotopic (exact) mass is 322 g/mol. The highest BCUT2D eigenvalue weighted by Gasteiger charge is 2.08. The number of fused-ring (bicyclic) bond motifs is 1. The number of hydrogen-bond donors (Lipinski definition) is 0. The van der Waals surface area contributed by atoms with Crippen molar-refractivity contribution in [3.63, 3.8) is 0 Å². The highest BCUT2D eigenvalue weighted by atomic mass is 35.7. The molecule has 0 saturated carbocycles. The molecule has 0 aliphatic rings. The van der Waals surface area contributed by atoms with Crippen LogP contribution in [0.3, 0.4) is 0 Å². The molecule has 0 unspecified atom stereocenters. The van der Waals surface area contributed by atoms with E-state index in [9.17, 15) is 0 Å². The second-order valence-electron chi connectivity index (χ2n) is 4.07. The first-order chi connectivity index (χ1) is 9.95. The van der Waals surface area contributed by atoms with Crippen molar-refractivity contribution in [2.75, 3.05) is 0 Å². The van der Waals surface area contributed by atoms with E-state index in [-0.39, 0.29) is 0 Å². The Kier molecular flexibility index (Phi) is 5.19. The minimum atomic E-state index is -4.94. The highest BCUT2D eigenvalue weighted by Crippen LogP contribution is 2.30. The molecule has 0 bridgehead atoms. The summed E-state index contributed by atoms with van der Waals surface area (Å²) >= 11 is 1.79. The lowest BCUT2D eigenvalue weighted by Gasteiger charge is -2.17. The van der Waals surface area contributed by atoms with Gasteiger partial charge in [0.2, 0.25) is 16.0 Å². The molecule has 4 nitrogen and oxygen atoms in total. The van der Waals surface area contributed by atoms with Crippen LogP contribution >= 0.6 is 11.3 Å². The molecule has 2 aromatic carbocycles. The summed E-state index contributed by atoms with van der Waals surface area (Å²) in [5.74, 6) is 0. The molecular formula is C15H11ClO4S. The molecule has 1 heterocycles. The fraction of sp³-hybridized carbons (Fsp3) is 0. The van der Waals surface area contributed by atoms with E-state index >= 15 is 0 Å². The number of hydrogen-bond acceptors (Lipinski definition) is 4. The van der Waals surface area contributed by atoms with Crippen LogP contribution in [0, 0.1) is 10.2 Å². The van der Waals surface area contributed by atoms with Crippen molar-refractivity contribution in [3.05, 3.63) is 66.0 Å². The zero-order valence-electron chi connectivity index (χ0n) is 10.8. The molecule has 21 heavy (non-hydrogen) atoms. The van der Waals surface area contributed by atoms with Crippen molar-refractivity contribution in [3.8, 4) is 11.1 Å². The van der Waals surface area contributed by atoms with Gasteiger partial charge in [-0.1, -0.05) is 42.5 Å². The van der Waals surface area contributed by atoms with Gasteiger partial charge in [0.1, 0.15) is 0 Å². The van der Waals surface area contributed by atoms with Crippen LogP contribution in [-0.2, 0) is 0 Å². The molecule has 0 saturated heterocycles. The molecule has 0 N–H and O–H groups in total. The minimum absolute atomic E-state index is 1.28. The molecule has 6 heteroatoms. The molecule has 0 atom stereocenters. The molecule has 0 aliphatic carbocycles. The average Bonchev–Trinajstić information content (AvgIpc) is 2.46. The molecule has 0 radical (unpaired) electrons. The predicted molar refractivity (Wildman–Crippen MR) is 71.7 cm³/mol. The fourth-order valence-corrected chi connectivity index (χ4v) is 2.74. The van der Waals surface area contributed by atoms with Gasteiger partial charge in [0, 0.05) is 17.5 Å². The SMILES string of the molecule is [O-][Cl+3]([O-])([O-])[O-].c1ccc(-c2cc[s+]c3ccccc23)cc1. The summed E-state index contributed by atoms with van der Waals surface area (Å²) in [7, 11) is -4.94. The molecule has 0 aliphatic heterocycles. The van der Waals surface area contributed by atoms with Crippen molar-refractivity contribution in [2.24, 2.45) is 0 Å². The quantitative estimate of drug-likeness (QED) is 0.594. The molecule has 3 aromatic rings. The van der Waals surface area contributed by atoms with Gasteiger partial charge >= 0.3 is 0 Å². The zero-order valence-corrected chi connectivity index (χ0v) is 12.3. The van der Waals surface area contributed by atoms with Gasteiger partial charge in [0.25, 0.3) is 0 Å². The Labute approximate surface area is 127 Å². The molecule has 0 spiro atoms. The van der Waals surface area contributed by atoms with Gasteiger partial charge in [-0.05, 0) is 17.2 Å². The maximum Gasteiger partial charge on any atom is 0.238 e. The molecular weight excluding hydrogens is 312 g/mol. The molecule has 0 fully saturated rings. The van der Waals surface area contributed by atoms with Crippen LogP contribution in [0.15, 0.2) is 66.0 Å². The zero-order chi connectivity index (χ0) is 15.3. The Balaban J connectivity index is 0.000000282. The first kappa shape index (κ1) is 15.8. The normalized spacial score (nSPS) is 10.9. The molecule has 108 valence electrons. The van der Waals surface area contributed by atoms with Crippen LogP contribution in [0.1, 0.15) is 0 Å². The third kappa shape index (κ3) is 5.02. The van der Waals surface area contributed by atoms with E-state index < -0.39 is 10.2 Å². The standard InChI is InChI=1S/C15H11S.ClHO4/c1-2-6-12(7-3-1)13-10-11-16-15-9-5-4-8-14(13)15;2-1(3,4)5/h1-11H;(H,2,3,4,5)/q+1;/p-1. The van der Waals surface area contributed by atoms with Gasteiger partial charge in [0.15, 0.2) is 5.38 Å². The summed E-state index contributed by atoms with van der Waals surface area (Å²) < 4.78 is 35.3. The van der Waals surface area contributed by atoms with E-state index in [0.29, 0.717) is 0 Å². The van der Waals surface area contributed by atoms with Crippen LogP contribution in [0.4, 0.5) is 0 Å². The summed E-state index contributed by atoms with van der Waals surface area (Å²) in [6.07, 6.45) is 0. The Morgan fingerprint density at radius 1 is 0.714 bits per heavy atom. The summed E-state index contributed by atoms with van der Waals surface area (Å²) in [6.45, 7) is 0. The van der Waals surface area contributed by atoms with E-state index in [0.717, 1.165) is 0 Å². The van der Waals surface area contributed by atoms with Crippen molar-refractivity contribution in [1.82, 2.24) is 0 Å². The highest BCUT2D eigenvalue weighted by molar-refractivity contribution is 7.16. The van der Waals surface area contributed by atoms with Gasteiger partial charge in [-0.3, -0.25) is 0 Å². The molecule has 0 amide bonds. The van der Waals surface area contributed by atoms with Gasteiger partial charge in [-0.25, -0.2) is 18.6 Å². The largest absolute Gasteiger partial charge is 0.238 e.